The summed E-state index contributed by atoms with van der Waals surface area (Å²) in [4.78, 5) is 0. The molecule has 2 atom stereocenters. The summed E-state index contributed by atoms with van der Waals surface area (Å²) in [6.45, 7) is 0. The van der Waals surface area contributed by atoms with E-state index in [9.17, 15) is 0 Å². The van der Waals surface area contributed by atoms with Crippen molar-refractivity contribution in [3.8, 4) is 0 Å². The highest BCUT2D eigenvalue weighted by atomic mass is 35.5. The van der Waals surface area contributed by atoms with Gasteiger partial charge in [0.15, 0.2) is 0 Å². The molecule has 0 spiro atoms. The number of hydrogen-bond acceptors (Lipinski definition) is 0. The van der Waals surface area contributed by atoms with Gasteiger partial charge in [-0.1, -0.05) is 51.4 Å². The predicted octanol–water partition coefficient (Wildman–Crippen LogP) is 4.75. The third-order valence-corrected chi connectivity index (χ3v) is 4.78. The van der Waals surface area contributed by atoms with Crippen LogP contribution in [0.2, 0.25) is 0 Å². The summed E-state index contributed by atoms with van der Waals surface area (Å²) >= 11 is 6.52. The molecule has 0 aliphatic heterocycles. The molecule has 2 rings (SSSR count). The quantitative estimate of drug-likeness (QED) is 0.436. The van der Waals surface area contributed by atoms with Crippen molar-refractivity contribution in [1.29, 1.82) is 0 Å². The van der Waals surface area contributed by atoms with Crippen LogP contribution in [0.25, 0.3) is 0 Å². The summed E-state index contributed by atoms with van der Waals surface area (Å²) in [5, 5.41) is 0.501. The van der Waals surface area contributed by atoms with Gasteiger partial charge in [0, 0.05) is 5.38 Å². The Kier molecular flexibility index (Phi) is 4.16. The van der Waals surface area contributed by atoms with Crippen molar-refractivity contribution >= 4 is 11.6 Å². The van der Waals surface area contributed by atoms with Crippen LogP contribution in [-0.4, -0.2) is 5.38 Å². The van der Waals surface area contributed by atoms with Crippen molar-refractivity contribution in [2.75, 3.05) is 0 Å². The van der Waals surface area contributed by atoms with E-state index in [4.69, 9.17) is 11.6 Å². The second-order valence-corrected chi connectivity index (χ2v) is 5.78. The monoisotopic (exact) mass is 214 g/mol. The van der Waals surface area contributed by atoms with Gasteiger partial charge in [-0.15, -0.1) is 11.6 Å². The van der Waals surface area contributed by atoms with E-state index in [0.717, 1.165) is 11.8 Å². The van der Waals surface area contributed by atoms with Crippen molar-refractivity contribution < 1.29 is 0 Å². The zero-order valence-electron chi connectivity index (χ0n) is 9.18. The fourth-order valence-electron chi connectivity index (χ4n) is 3.38. The lowest BCUT2D eigenvalue weighted by atomic mass is 9.76. The summed E-state index contributed by atoms with van der Waals surface area (Å²) in [6, 6.07) is 0. The molecule has 0 saturated heterocycles. The first kappa shape index (κ1) is 10.8. The SMILES string of the molecule is ClC1CCCCCC1C1CCCCC1. The van der Waals surface area contributed by atoms with Gasteiger partial charge in [-0.25, -0.2) is 0 Å². The molecule has 0 aromatic heterocycles. The number of halogens is 1. The zero-order valence-corrected chi connectivity index (χ0v) is 9.94. The molecular formula is C13H23Cl. The molecule has 14 heavy (non-hydrogen) atoms. The van der Waals surface area contributed by atoms with Crippen LogP contribution in [0.15, 0.2) is 0 Å². The molecule has 0 aromatic carbocycles. The molecular weight excluding hydrogens is 192 g/mol. The van der Waals surface area contributed by atoms with Crippen LogP contribution in [-0.2, 0) is 0 Å². The molecule has 0 aromatic rings. The van der Waals surface area contributed by atoms with Crippen LogP contribution in [0.1, 0.15) is 64.2 Å². The molecule has 0 N–H and O–H groups in total. The molecule has 0 heterocycles. The highest BCUT2D eigenvalue weighted by molar-refractivity contribution is 6.20. The molecule has 0 radical (unpaired) electrons. The maximum Gasteiger partial charge on any atom is 0.0366 e. The van der Waals surface area contributed by atoms with E-state index in [1.807, 2.05) is 0 Å². The second-order valence-electron chi connectivity index (χ2n) is 5.22. The molecule has 0 nitrogen and oxygen atoms in total. The Hall–Kier alpha value is 0.290. The van der Waals surface area contributed by atoms with Gasteiger partial charge in [-0.3, -0.25) is 0 Å². The van der Waals surface area contributed by atoms with Crippen molar-refractivity contribution in [1.82, 2.24) is 0 Å². The minimum absolute atomic E-state index is 0.501. The average Bonchev–Trinajstić information content (AvgIpc) is 2.44. The standard InChI is InChI=1S/C13H23Cl/c14-13-10-6-2-5-9-12(13)11-7-3-1-4-8-11/h11-13H,1-10H2. The Balaban J connectivity index is 1.91. The number of alkyl halides is 1. The van der Waals surface area contributed by atoms with Crippen molar-refractivity contribution in [3.05, 3.63) is 0 Å². The molecule has 1 heteroatoms. The van der Waals surface area contributed by atoms with Crippen LogP contribution in [0.5, 0.6) is 0 Å². The third kappa shape index (κ3) is 2.66. The Bertz CT molecular complexity index is 161. The predicted molar refractivity (Wildman–Crippen MR) is 62.8 cm³/mol. The summed E-state index contributed by atoms with van der Waals surface area (Å²) < 4.78 is 0. The largest absolute Gasteiger partial charge is 0.123 e. The van der Waals surface area contributed by atoms with E-state index in [-0.39, 0.29) is 0 Å². The zero-order chi connectivity index (χ0) is 9.80. The minimum Gasteiger partial charge on any atom is -0.123 e. The van der Waals surface area contributed by atoms with Crippen LogP contribution in [0.4, 0.5) is 0 Å². The molecule has 2 unspecified atom stereocenters. The number of hydrogen-bond donors (Lipinski definition) is 0. The third-order valence-electron chi connectivity index (χ3n) is 4.24. The van der Waals surface area contributed by atoms with Gasteiger partial charge in [-0.2, -0.15) is 0 Å². The summed E-state index contributed by atoms with van der Waals surface area (Å²) in [5.41, 5.74) is 0. The maximum atomic E-state index is 6.52. The van der Waals surface area contributed by atoms with Gasteiger partial charge in [0.2, 0.25) is 0 Å². The van der Waals surface area contributed by atoms with Gasteiger partial charge in [-0.05, 0) is 24.7 Å². The summed E-state index contributed by atoms with van der Waals surface area (Å²) in [6.07, 6.45) is 14.3. The summed E-state index contributed by atoms with van der Waals surface area (Å²) in [5.74, 6) is 1.84. The summed E-state index contributed by atoms with van der Waals surface area (Å²) in [7, 11) is 0. The lowest BCUT2D eigenvalue weighted by Crippen LogP contribution is -2.25. The highest BCUT2D eigenvalue weighted by Gasteiger charge is 2.29. The smallest absolute Gasteiger partial charge is 0.0366 e. The second kappa shape index (κ2) is 5.39. The van der Waals surface area contributed by atoms with Crippen molar-refractivity contribution in [2.24, 2.45) is 11.8 Å². The fourth-order valence-corrected chi connectivity index (χ4v) is 3.87. The van der Waals surface area contributed by atoms with Crippen LogP contribution >= 0.6 is 11.6 Å². The van der Waals surface area contributed by atoms with E-state index in [2.05, 4.69) is 0 Å². The normalized spacial score (nSPS) is 36.6. The van der Waals surface area contributed by atoms with Crippen LogP contribution in [0, 0.1) is 11.8 Å². The van der Waals surface area contributed by atoms with Gasteiger partial charge >= 0.3 is 0 Å². The molecule has 82 valence electrons. The van der Waals surface area contributed by atoms with Crippen molar-refractivity contribution in [3.63, 3.8) is 0 Å². The van der Waals surface area contributed by atoms with E-state index in [0.29, 0.717) is 5.38 Å². The molecule has 2 aliphatic carbocycles. The van der Waals surface area contributed by atoms with Gasteiger partial charge in [0.05, 0.1) is 0 Å². The molecule has 2 fully saturated rings. The van der Waals surface area contributed by atoms with Gasteiger partial charge in [0.1, 0.15) is 0 Å². The Morgan fingerprint density at radius 3 is 1.93 bits per heavy atom. The Morgan fingerprint density at radius 1 is 0.643 bits per heavy atom. The van der Waals surface area contributed by atoms with Gasteiger partial charge < -0.3 is 0 Å². The number of rotatable bonds is 1. The topological polar surface area (TPSA) is 0 Å². The first-order valence-corrected chi connectivity index (χ1v) is 6.95. The lowest BCUT2D eigenvalue weighted by Gasteiger charge is -2.32. The Labute approximate surface area is 93.4 Å². The van der Waals surface area contributed by atoms with Crippen LogP contribution < -0.4 is 0 Å². The average molecular weight is 215 g/mol. The van der Waals surface area contributed by atoms with Crippen LogP contribution in [0.3, 0.4) is 0 Å². The van der Waals surface area contributed by atoms with E-state index < -0.39 is 0 Å². The van der Waals surface area contributed by atoms with E-state index >= 15 is 0 Å². The molecule has 0 bridgehead atoms. The fraction of sp³-hybridized carbons (Fsp3) is 1.00. The van der Waals surface area contributed by atoms with E-state index in [1.54, 1.807) is 0 Å². The first-order valence-electron chi connectivity index (χ1n) is 6.52. The molecule has 2 saturated carbocycles. The molecule has 2 aliphatic rings. The highest BCUT2D eigenvalue weighted by Crippen LogP contribution is 2.39. The Morgan fingerprint density at radius 2 is 1.21 bits per heavy atom. The minimum atomic E-state index is 0.501. The van der Waals surface area contributed by atoms with E-state index in [1.165, 1.54) is 64.2 Å². The van der Waals surface area contributed by atoms with Crippen molar-refractivity contribution in [2.45, 2.75) is 69.6 Å². The maximum absolute atomic E-state index is 6.52. The first-order chi connectivity index (χ1) is 6.88. The lowest BCUT2D eigenvalue weighted by molar-refractivity contribution is 0.230. The molecule has 0 amide bonds. The van der Waals surface area contributed by atoms with Gasteiger partial charge in [0.25, 0.3) is 0 Å².